The van der Waals surface area contributed by atoms with Gasteiger partial charge in [0.05, 0.1) is 19.3 Å². The molecule has 3 aliphatic heterocycles. The molecule has 0 saturated carbocycles. The molecule has 1 amide bonds. The highest BCUT2D eigenvalue weighted by atomic mass is 32.2. The summed E-state index contributed by atoms with van der Waals surface area (Å²) in [6.07, 6.45) is 3.36. The van der Waals surface area contributed by atoms with Crippen molar-refractivity contribution in [2.45, 2.75) is 23.4 Å². The Morgan fingerprint density at radius 2 is 2.16 bits per heavy atom. The molecule has 2 bridgehead atoms. The molecule has 1 aromatic heterocycles. The summed E-state index contributed by atoms with van der Waals surface area (Å²) in [5.41, 5.74) is -0.278. The summed E-state index contributed by atoms with van der Waals surface area (Å²) < 4.78 is 38.3. The van der Waals surface area contributed by atoms with Gasteiger partial charge in [-0.25, -0.2) is 8.42 Å². The van der Waals surface area contributed by atoms with Gasteiger partial charge < -0.3 is 14.4 Å². The van der Waals surface area contributed by atoms with E-state index in [1.54, 1.807) is 36.5 Å². The molecule has 4 heterocycles. The van der Waals surface area contributed by atoms with Crippen molar-refractivity contribution in [1.82, 2.24) is 14.2 Å². The summed E-state index contributed by atoms with van der Waals surface area (Å²) in [5, 5.41) is -0.586. The van der Waals surface area contributed by atoms with Gasteiger partial charge in [-0.2, -0.15) is 4.31 Å². The Balaban J connectivity index is 1.59. The minimum Gasteiger partial charge on any atom is -0.383 e. The van der Waals surface area contributed by atoms with E-state index in [1.165, 1.54) is 4.31 Å². The standard InChI is InChI=1S/C16H21N3O5S/c1-23-7-6-19-11-16-10-18(15(20)12-2-4-17-5-3-12)9-13(24-16)8-14(16)25(19,21)22/h2-5,13-14H,6-11H2,1H3/t13-,14+,16+/m1/s1. The molecular formula is C16H21N3O5S. The minimum atomic E-state index is -3.43. The first kappa shape index (κ1) is 16.9. The number of hydrogen-bond donors (Lipinski definition) is 0. The Labute approximate surface area is 146 Å². The predicted octanol–water partition coefficient (Wildman–Crippen LogP) is -0.274. The largest absolute Gasteiger partial charge is 0.383 e. The zero-order valence-electron chi connectivity index (χ0n) is 14.0. The number of ether oxygens (including phenoxy) is 2. The Morgan fingerprint density at radius 1 is 1.40 bits per heavy atom. The van der Waals surface area contributed by atoms with Gasteiger partial charge in [-0.3, -0.25) is 9.78 Å². The number of amides is 1. The molecular weight excluding hydrogens is 346 g/mol. The van der Waals surface area contributed by atoms with Crippen molar-refractivity contribution in [3.8, 4) is 0 Å². The van der Waals surface area contributed by atoms with Crippen LogP contribution in [0, 0.1) is 0 Å². The van der Waals surface area contributed by atoms with E-state index in [9.17, 15) is 13.2 Å². The van der Waals surface area contributed by atoms with Gasteiger partial charge in [0.15, 0.2) is 0 Å². The average molecular weight is 367 g/mol. The number of carbonyl (C=O) groups is 1. The number of sulfonamides is 1. The van der Waals surface area contributed by atoms with Crippen molar-refractivity contribution >= 4 is 15.9 Å². The zero-order chi connectivity index (χ0) is 17.7. The fraction of sp³-hybridized carbons (Fsp3) is 0.625. The van der Waals surface area contributed by atoms with Gasteiger partial charge in [-0.15, -0.1) is 0 Å². The van der Waals surface area contributed by atoms with Crippen molar-refractivity contribution in [3.05, 3.63) is 30.1 Å². The minimum absolute atomic E-state index is 0.108. The molecule has 0 aliphatic carbocycles. The van der Waals surface area contributed by atoms with E-state index >= 15 is 0 Å². The Bertz CT molecular complexity index is 771. The van der Waals surface area contributed by atoms with Crippen LogP contribution in [0.4, 0.5) is 0 Å². The molecule has 1 aromatic rings. The Hall–Kier alpha value is -1.55. The summed E-state index contributed by atoms with van der Waals surface area (Å²) in [6.45, 7) is 1.64. The molecule has 136 valence electrons. The highest BCUT2D eigenvalue weighted by Gasteiger charge is 2.65. The normalized spacial score (nSPS) is 33.4. The van der Waals surface area contributed by atoms with E-state index in [2.05, 4.69) is 4.98 Å². The highest BCUT2D eigenvalue weighted by Crippen LogP contribution is 2.46. The lowest BCUT2D eigenvalue weighted by Crippen LogP contribution is -2.56. The molecule has 0 unspecified atom stereocenters. The molecule has 3 fully saturated rings. The summed E-state index contributed by atoms with van der Waals surface area (Å²) in [6, 6.07) is 3.34. The Morgan fingerprint density at radius 3 is 2.88 bits per heavy atom. The first-order valence-corrected chi connectivity index (χ1v) is 9.82. The Kier molecular flexibility index (Phi) is 4.06. The van der Waals surface area contributed by atoms with Crippen LogP contribution in [0.15, 0.2) is 24.5 Å². The van der Waals surface area contributed by atoms with Crippen LogP contribution in [0.5, 0.6) is 0 Å². The van der Waals surface area contributed by atoms with Crippen LogP contribution >= 0.6 is 0 Å². The maximum atomic E-state index is 12.8. The second-order valence-electron chi connectivity index (χ2n) is 6.82. The maximum absolute atomic E-state index is 12.8. The molecule has 1 spiro atoms. The molecule has 25 heavy (non-hydrogen) atoms. The quantitative estimate of drug-likeness (QED) is 0.728. The highest BCUT2D eigenvalue weighted by molar-refractivity contribution is 7.90. The smallest absolute Gasteiger partial charge is 0.254 e. The lowest BCUT2D eigenvalue weighted by Gasteiger charge is -2.39. The zero-order valence-corrected chi connectivity index (χ0v) is 14.8. The second-order valence-corrected chi connectivity index (χ2v) is 8.94. The van der Waals surface area contributed by atoms with Crippen LogP contribution in [0.2, 0.25) is 0 Å². The van der Waals surface area contributed by atoms with Gasteiger partial charge in [-0.1, -0.05) is 0 Å². The third-order valence-electron chi connectivity index (χ3n) is 5.27. The van der Waals surface area contributed by atoms with Crippen LogP contribution in [0.25, 0.3) is 0 Å². The van der Waals surface area contributed by atoms with Crippen LogP contribution in [-0.4, -0.2) is 85.4 Å². The number of aromatic nitrogens is 1. The number of morpholine rings is 1. The number of rotatable bonds is 4. The van der Waals surface area contributed by atoms with Gasteiger partial charge in [0, 0.05) is 44.7 Å². The molecule has 3 aliphatic rings. The molecule has 0 radical (unpaired) electrons. The van der Waals surface area contributed by atoms with Crippen LogP contribution in [0.1, 0.15) is 16.8 Å². The number of nitrogens with zero attached hydrogens (tertiary/aromatic N) is 3. The second kappa shape index (κ2) is 6.01. The van der Waals surface area contributed by atoms with E-state index < -0.39 is 20.9 Å². The van der Waals surface area contributed by atoms with Crippen molar-refractivity contribution < 1.29 is 22.7 Å². The third-order valence-corrected chi connectivity index (χ3v) is 7.64. The molecule has 3 atom stereocenters. The maximum Gasteiger partial charge on any atom is 0.254 e. The molecule has 0 N–H and O–H groups in total. The number of fused-ring (bicyclic) bond motifs is 1. The molecule has 4 rings (SSSR count). The summed E-state index contributed by atoms with van der Waals surface area (Å²) in [5.74, 6) is -0.108. The monoisotopic (exact) mass is 367 g/mol. The lowest BCUT2D eigenvalue weighted by atomic mass is 9.99. The first-order valence-electron chi connectivity index (χ1n) is 8.31. The van der Waals surface area contributed by atoms with Crippen LogP contribution < -0.4 is 0 Å². The van der Waals surface area contributed by atoms with E-state index in [4.69, 9.17) is 9.47 Å². The number of methoxy groups -OCH3 is 1. The van der Waals surface area contributed by atoms with Gasteiger partial charge in [0.1, 0.15) is 10.9 Å². The van der Waals surface area contributed by atoms with E-state index in [0.29, 0.717) is 31.7 Å². The van der Waals surface area contributed by atoms with Gasteiger partial charge in [0.25, 0.3) is 5.91 Å². The summed E-state index contributed by atoms with van der Waals surface area (Å²) in [4.78, 5) is 18.4. The van der Waals surface area contributed by atoms with Crippen molar-refractivity contribution in [2.24, 2.45) is 0 Å². The van der Waals surface area contributed by atoms with Crippen LogP contribution in [-0.2, 0) is 19.5 Å². The van der Waals surface area contributed by atoms with Crippen molar-refractivity contribution in [2.75, 3.05) is 39.9 Å². The van der Waals surface area contributed by atoms with Gasteiger partial charge in [0.2, 0.25) is 10.0 Å². The number of hydrogen-bond acceptors (Lipinski definition) is 6. The summed E-state index contributed by atoms with van der Waals surface area (Å²) in [7, 11) is -1.89. The first-order chi connectivity index (χ1) is 12.0. The average Bonchev–Trinajstić information content (AvgIpc) is 2.98. The number of carbonyl (C=O) groups excluding carboxylic acids is 1. The van der Waals surface area contributed by atoms with Gasteiger partial charge in [-0.05, 0) is 18.6 Å². The van der Waals surface area contributed by atoms with E-state index in [1.807, 2.05) is 0 Å². The van der Waals surface area contributed by atoms with Gasteiger partial charge >= 0.3 is 0 Å². The molecule has 0 aromatic carbocycles. The lowest BCUT2D eigenvalue weighted by molar-refractivity contribution is -0.0981. The van der Waals surface area contributed by atoms with E-state index in [0.717, 1.165) is 0 Å². The van der Waals surface area contributed by atoms with Crippen LogP contribution in [0.3, 0.4) is 0 Å². The van der Waals surface area contributed by atoms with Crippen molar-refractivity contribution in [1.29, 1.82) is 0 Å². The number of pyridine rings is 1. The molecule has 8 nitrogen and oxygen atoms in total. The van der Waals surface area contributed by atoms with E-state index in [-0.39, 0.29) is 25.1 Å². The SMILES string of the molecule is COCCN1C[C@@]23CN(C(=O)c4ccncc4)C[C@@H](C[C@@H]2S1(=O)=O)O3. The molecule has 9 heteroatoms. The fourth-order valence-corrected chi connectivity index (χ4v) is 6.47. The fourth-order valence-electron chi connectivity index (χ4n) is 4.18. The van der Waals surface area contributed by atoms with Crippen molar-refractivity contribution in [3.63, 3.8) is 0 Å². The predicted molar refractivity (Wildman–Crippen MR) is 88.5 cm³/mol. The topological polar surface area (TPSA) is 89.0 Å². The summed E-state index contributed by atoms with van der Waals surface area (Å²) >= 11 is 0. The number of likely N-dealkylation sites (tertiary alicyclic amines) is 1. The molecule has 3 saturated heterocycles. The third kappa shape index (κ3) is 2.66.